The molecule has 17 heavy (non-hydrogen) atoms. The molecule has 0 fully saturated rings. The monoisotopic (exact) mass is 260 g/mol. The Labute approximate surface area is 101 Å². The fourth-order valence-electron chi connectivity index (χ4n) is 1.42. The van der Waals surface area contributed by atoms with Crippen LogP contribution in [-0.4, -0.2) is 25.4 Å². The molecule has 0 aliphatic carbocycles. The Balaban J connectivity index is 2.89. The highest BCUT2D eigenvalue weighted by Gasteiger charge is 2.23. The van der Waals surface area contributed by atoms with Gasteiger partial charge in [0.05, 0.1) is 16.8 Å². The van der Waals surface area contributed by atoms with Crippen molar-refractivity contribution < 1.29 is 17.9 Å². The van der Waals surface area contributed by atoms with Crippen molar-refractivity contribution in [3.63, 3.8) is 0 Å². The summed E-state index contributed by atoms with van der Waals surface area (Å²) < 4.78 is 36.7. The minimum Gasteiger partial charge on any atom is -0.392 e. The first kappa shape index (κ1) is 14.1. The molecule has 5 heteroatoms. The molecule has 0 radical (unpaired) electrons. The normalized spacial score (nSPS) is 15.5. The van der Waals surface area contributed by atoms with Crippen molar-refractivity contribution in [2.24, 2.45) is 5.92 Å². The summed E-state index contributed by atoms with van der Waals surface area (Å²) in [6, 6.07) is 4.84. The standard InChI is InChI=1S/C12H17FO3S/c1-3-9(2)12(14)8-17(15,16)11-6-4-5-10(13)7-11/h4-7,9,12,14H,3,8H2,1-2H3. The Bertz CT molecular complexity index is 470. The molecule has 0 aliphatic rings. The number of rotatable bonds is 5. The van der Waals surface area contributed by atoms with Crippen molar-refractivity contribution >= 4 is 9.84 Å². The fourth-order valence-corrected chi connectivity index (χ4v) is 2.97. The number of benzene rings is 1. The molecular formula is C12H17FO3S. The van der Waals surface area contributed by atoms with E-state index in [1.54, 1.807) is 6.92 Å². The summed E-state index contributed by atoms with van der Waals surface area (Å²) in [5.41, 5.74) is 0. The van der Waals surface area contributed by atoms with Crippen LogP contribution in [0.1, 0.15) is 20.3 Å². The number of hydrogen-bond acceptors (Lipinski definition) is 3. The van der Waals surface area contributed by atoms with Gasteiger partial charge in [0.25, 0.3) is 0 Å². The molecule has 0 spiro atoms. The van der Waals surface area contributed by atoms with Crippen molar-refractivity contribution in [1.82, 2.24) is 0 Å². The molecule has 1 aromatic rings. The summed E-state index contributed by atoms with van der Waals surface area (Å²) in [7, 11) is -3.63. The largest absolute Gasteiger partial charge is 0.392 e. The van der Waals surface area contributed by atoms with E-state index < -0.39 is 21.8 Å². The van der Waals surface area contributed by atoms with Gasteiger partial charge in [-0.2, -0.15) is 0 Å². The van der Waals surface area contributed by atoms with E-state index in [1.807, 2.05) is 6.92 Å². The van der Waals surface area contributed by atoms with Gasteiger partial charge < -0.3 is 5.11 Å². The van der Waals surface area contributed by atoms with E-state index in [4.69, 9.17) is 0 Å². The minimum absolute atomic E-state index is 0.0835. The second-order valence-corrected chi connectivity index (χ2v) is 6.23. The molecular weight excluding hydrogens is 243 g/mol. The van der Waals surface area contributed by atoms with Crippen molar-refractivity contribution in [1.29, 1.82) is 0 Å². The molecule has 1 aromatic carbocycles. The lowest BCUT2D eigenvalue weighted by Gasteiger charge is -2.17. The molecule has 0 aliphatic heterocycles. The molecule has 0 bridgehead atoms. The van der Waals surface area contributed by atoms with Crippen LogP contribution in [0.25, 0.3) is 0 Å². The van der Waals surface area contributed by atoms with Crippen LogP contribution in [-0.2, 0) is 9.84 Å². The van der Waals surface area contributed by atoms with Gasteiger partial charge in [-0.25, -0.2) is 12.8 Å². The van der Waals surface area contributed by atoms with Crippen LogP contribution in [0.3, 0.4) is 0 Å². The highest BCUT2D eigenvalue weighted by molar-refractivity contribution is 7.91. The van der Waals surface area contributed by atoms with Gasteiger partial charge >= 0.3 is 0 Å². The smallest absolute Gasteiger partial charge is 0.181 e. The number of sulfone groups is 1. The average Bonchev–Trinajstić information content (AvgIpc) is 2.27. The summed E-state index contributed by atoms with van der Waals surface area (Å²) in [6.07, 6.45) is -0.229. The molecule has 0 saturated carbocycles. The lowest BCUT2D eigenvalue weighted by atomic mass is 10.0. The lowest BCUT2D eigenvalue weighted by molar-refractivity contribution is 0.135. The number of hydrogen-bond donors (Lipinski definition) is 1. The van der Waals surface area contributed by atoms with E-state index in [1.165, 1.54) is 18.2 Å². The zero-order chi connectivity index (χ0) is 13.1. The van der Waals surface area contributed by atoms with Gasteiger partial charge in [-0.05, 0) is 24.1 Å². The lowest BCUT2D eigenvalue weighted by Crippen LogP contribution is -2.27. The van der Waals surface area contributed by atoms with Crippen LogP contribution in [0.5, 0.6) is 0 Å². The van der Waals surface area contributed by atoms with Crippen molar-refractivity contribution in [3.05, 3.63) is 30.1 Å². The van der Waals surface area contributed by atoms with E-state index >= 15 is 0 Å². The van der Waals surface area contributed by atoms with Crippen LogP contribution >= 0.6 is 0 Å². The molecule has 2 unspecified atom stereocenters. The highest BCUT2D eigenvalue weighted by Crippen LogP contribution is 2.17. The van der Waals surface area contributed by atoms with Gasteiger partial charge in [0, 0.05) is 0 Å². The number of aliphatic hydroxyl groups excluding tert-OH is 1. The van der Waals surface area contributed by atoms with Crippen LogP contribution < -0.4 is 0 Å². The number of halogens is 1. The summed E-state index contributed by atoms with van der Waals surface area (Å²) in [4.78, 5) is -0.0835. The Hall–Kier alpha value is -0.940. The molecule has 1 rings (SSSR count). The van der Waals surface area contributed by atoms with Gasteiger partial charge in [-0.1, -0.05) is 26.3 Å². The summed E-state index contributed by atoms with van der Waals surface area (Å²) in [5, 5.41) is 9.71. The van der Waals surface area contributed by atoms with Crippen LogP contribution in [0.15, 0.2) is 29.2 Å². The van der Waals surface area contributed by atoms with Crippen LogP contribution in [0.2, 0.25) is 0 Å². The molecule has 3 nitrogen and oxygen atoms in total. The Kier molecular flexibility index (Phi) is 4.65. The summed E-state index contributed by atoms with van der Waals surface area (Å²) in [6.45, 7) is 3.66. The number of aliphatic hydroxyl groups is 1. The molecule has 96 valence electrons. The Morgan fingerprint density at radius 2 is 2.06 bits per heavy atom. The van der Waals surface area contributed by atoms with Crippen molar-refractivity contribution in [3.8, 4) is 0 Å². The third kappa shape index (κ3) is 3.78. The molecule has 0 heterocycles. The first-order chi connectivity index (χ1) is 7.86. The summed E-state index contributed by atoms with van der Waals surface area (Å²) >= 11 is 0. The predicted molar refractivity (Wildman–Crippen MR) is 63.9 cm³/mol. The quantitative estimate of drug-likeness (QED) is 0.881. The van der Waals surface area contributed by atoms with Gasteiger partial charge in [0.15, 0.2) is 9.84 Å². The maximum Gasteiger partial charge on any atom is 0.181 e. The first-order valence-electron chi connectivity index (χ1n) is 5.53. The van der Waals surface area contributed by atoms with Crippen molar-refractivity contribution in [2.75, 3.05) is 5.75 Å². The molecule has 0 saturated heterocycles. The zero-order valence-electron chi connectivity index (χ0n) is 9.93. The minimum atomic E-state index is -3.63. The van der Waals surface area contributed by atoms with E-state index in [-0.39, 0.29) is 16.6 Å². The maximum atomic E-state index is 12.9. The third-order valence-corrected chi connectivity index (χ3v) is 4.60. The van der Waals surface area contributed by atoms with E-state index in [9.17, 15) is 17.9 Å². The summed E-state index contributed by atoms with van der Waals surface area (Å²) in [5.74, 6) is -1.06. The maximum absolute atomic E-state index is 12.9. The van der Waals surface area contributed by atoms with Crippen molar-refractivity contribution in [2.45, 2.75) is 31.3 Å². The van der Waals surface area contributed by atoms with E-state index in [0.29, 0.717) is 6.42 Å². The second kappa shape index (κ2) is 5.60. The molecule has 2 atom stereocenters. The SMILES string of the molecule is CCC(C)C(O)CS(=O)(=O)c1cccc(F)c1. The molecule has 1 N–H and O–H groups in total. The Morgan fingerprint density at radius 1 is 1.41 bits per heavy atom. The van der Waals surface area contributed by atoms with Crippen LogP contribution in [0.4, 0.5) is 4.39 Å². The van der Waals surface area contributed by atoms with Gasteiger partial charge in [0.1, 0.15) is 5.82 Å². The van der Waals surface area contributed by atoms with Crippen LogP contribution in [0, 0.1) is 11.7 Å². The zero-order valence-corrected chi connectivity index (χ0v) is 10.7. The highest BCUT2D eigenvalue weighted by atomic mass is 32.2. The topological polar surface area (TPSA) is 54.4 Å². The molecule has 0 amide bonds. The predicted octanol–water partition coefficient (Wildman–Crippen LogP) is 2.01. The fraction of sp³-hybridized carbons (Fsp3) is 0.500. The van der Waals surface area contributed by atoms with Gasteiger partial charge in [-0.15, -0.1) is 0 Å². The van der Waals surface area contributed by atoms with Gasteiger partial charge in [-0.3, -0.25) is 0 Å². The third-order valence-electron chi connectivity index (χ3n) is 2.85. The second-order valence-electron chi connectivity index (χ2n) is 4.19. The Morgan fingerprint density at radius 3 is 2.59 bits per heavy atom. The average molecular weight is 260 g/mol. The first-order valence-corrected chi connectivity index (χ1v) is 7.18. The van der Waals surface area contributed by atoms with Gasteiger partial charge in [0.2, 0.25) is 0 Å². The molecule has 0 aromatic heterocycles. The van der Waals surface area contributed by atoms with E-state index in [0.717, 1.165) is 6.07 Å². The van der Waals surface area contributed by atoms with E-state index in [2.05, 4.69) is 0 Å².